The van der Waals surface area contributed by atoms with Crippen LogP contribution in [0.5, 0.6) is 0 Å². The van der Waals surface area contributed by atoms with E-state index in [2.05, 4.69) is 18.3 Å². The molecule has 0 aromatic carbocycles. The number of carbonyl (C=O) groups is 1. The fourth-order valence-electron chi connectivity index (χ4n) is 0.896. The number of hydrogen-bond acceptors (Lipinski definition) is 2. The monoisotopic (exact) mass is 256 g/mol. The summed E-state index contributed by atoms with van der Waals surface area (Å²) in [6.07, 6.45) is 0. The minimum absolute atomic E-state index is 0.192. The summed E-state index contributed by atoms with van der Waals surface area (Å²) in [6.45, 7) is 2.54. The summed E-state index contributed by atoms with van der Waals surface area (Å²) in [4.78, 5) is 15.4. The molecule has 0 radical (unpaired) electrons. The molecule has 4 heteroatoms. The molecule has 0 spiro atoms. The number of rotatable bonds is 1. The van der Waals surface area contributed by atoms with Gasteiger partial charge in [-0.3, -0.25) is 0 Å². The third-order valence-corrected chi connectivity index (χ3v) is 5.02. The zero-order valence-corrected chi connectivity index (χ0v) is 8.51. The van der Waals surface area contributed by atoms with Crippen LogP contribution in [0.2, 0.25) is 0 Å². The standard InChI is InChI=1S/C6H13IN2O/c1-7(2)9-4-3-8-6(10)5-9/h3-5H2,1-2H3,(H,8,10). The van der Waals surface area contributed by atoms with Gasteiger partial charge in [-0.2, -0.15) is 0 Å². The van der Waals surface area contributed by atoms with Crippen molar-refractivity contribution in [3.63, 3.8) is 0 Å². The first-order chi connectivity index (χ1) is 4.70. The number of amides is 1. The molecule has 1 N–H and O–H groups in total. The molecule has 0 bridgehead atoms. The fourth-order valence-corrected chi connectivity index (χ4v) is 3.09. The van der Waals surface area contributed by atoms with Gasteiger partial charge in [-0.15, -0.1) is 0 Å². The maximum atomic E-state index is 10.9. The van der Waals surface area contributed by atoms with Gasteiger partial charge in [-0.1, -0.05) is 0 Å². The summed E-state index contributed by atoms with van der Waals surface area (Å²) in [5.41, 5.74) is 0. The van der Waals surface area contributed by atoms with E-state index < -0.39 is 20.1 Å². The van der Waals surface area contributed by atoms with Gasteiger partial charge in [0.1, 0.15) is 0 Å². The number of hydrogen-bond donors (Lipinski definition) is 1. The average molecular weight is 256 g/mol. The van der Waals surface area contributed by atoms with E-state index in [0.717, 1.165) is 13.1 Å². The van der Waals surface area contributed by atoms with Crippen LogP contribution in [0.25, 0.3) is 0 Å². The van der Waals surface area contributed by atoms with Crippen molar-refractivity contribution >= 4 is 26.0 Å². The zero-order chi connectivity index (χ0) is 7.56. The second-order valence-corrected chi connectivity index (χ2v) is 7.86. The van der Waals surface area contributed by atoms with E-state index in [4.69, 9.17) is 0 Å². The van der Waals surface area contributed by atoms with Gasteiger partial charge in [0.15, 0.2) is 0 Å². The second kappa shape index (κ2) is 3.52. The van der Waals surface area contributed by atoms with Crippen molar-refractivity contribution in [1.29, 1.82) is 0 Å². The predicted molar refractivity (Wildman–Crippen MR) is 50.5 cm³/mol. The number of nitrogens with zero attached hydrogens (tertiary/aromatic N) is 1. The van der Waals surface area contributed by atoms with Crippen molar-refractivity contribution in [2.75, 3.05) is 29.5 Å². The van der Waals surface area contributed by atoms with Crippen LogP contribution < -0.4 is 5.32 Å². The molecule has 0 unspecified atom stereocenters. The number of nitrogens with one attached hydrogen (secondary N) is 1. The van der Waals surface area contributed by atoms with E-state index in [1.165, 1.54) is 0 Å². The van der Waals surface area contributed by atoms with Gasteiger partial charge in [0.25, 0.3) is 0 Å². The molecule has 0 atom stereocenters. The molecule has 0 saturated carbocycles. The van der Waals surface area contributed by atoms with Crippen LogP contribution in [0.4, 0.5) is 0 Å². The average Bonchev–Trinajstić information content (AvgIpc) is 1.88. The van der Waals surface area contributed by atoms with Crippen LogP contribution in [0, 0.1) is 0 Å². The Morgan fingerprint density at radius 2 is 2.30 bits per heavy atom. The first kappa shape index (κ1) is 8.26. The summed E-state index contributed by atoms with van der Waals surface area (Å²) in [5.74, 6) is 0.192. The van der Waals surface area contributed by atoms with Crippen LogP contribution in [-0.2, 0) is 4.79 Å². The zero-order valence-electron chi connectivity index (χ0n) is 6.35. The number of halogens is 1. The Balaban J connectivity index is 2.39. The van der Waals surface area contributed by atoms with Gasteiger partial charge in [-0.25, -0.2) is 0 Å². The molecule has 1 aliphatic rings. The van der Waals surface area contributed by atoms with Crippen LogP contribution in [0.15, 0.2) is 0 Å². The molecule has 0 aromatic rings. The van der Waals surface area contributed by atoms with Gasteiger partial charge in [-0.05, 0) is 0 Å². The normalized spacial score (nSPS) is 22.2. The van der Waals surface area contributed by atoms with Crippen molar-refractivity contribution in [2.45, 2.75) is 0 Å². The Morgan fingerprint density at radius 3 is 2.70 bits per heavy atom. The minimum atomic E-state index is -0.873. The molecular formula is C6H13IN2O. The van der Waals surface area contributed by atoms with Crippen molar-refractivity contribution in [3.05, 3.63) is 0 Å². The van der Waals surface area contributed by atoms with E-state index in [1.54, 1.807) is 0 Å². The molecule has 0 aliphatic carbocycles. The van der Waals surface area contributed by atoms with E-state index >= 15 is 0 Å². The molecule has 1 aliphatic heterocycles. The third-order valence-electron chi connectivity index (χ3n) is 1.47. The first-order valence-corrected chi connectivity index (χ1v) is 8.50. The molecule has 1 saturated heterocycles. The van der Waals surface area contributed by atoms with Gasteiger partial charge in [0.2, 0.25) is 0 Å². The predicted octanol–water partition coefficient (Wildman–Crippen LogP) is 0.0992. The van der Waals surface area contributed by atoms with Crippen molar-refractivity contribution < 1.29 is 4.79 Å². The van der Waals surface area contributed by atoms with E-state index in [1.807, 2.05) is 0 Å². The Hall–Kier alpha value is 0.160. The number of alkyl halides is 2. The fraction of sp³-hybridized carbons (Fsp3) is 0.833. The molecular weight excluding hydrogens is 243 g/mol. The number of piperazine rings is 1. The Labute approximate surface area is 68.9 Å². The van der Waals surface area contributed by atoms with Gasteiger partial charge >= 0.3 is 68.7 Å². The topological polar surface area (TPSA) is 32.3 Å². The summed E-state index contributed by atoms with van der Waals surface area (Å²) in [6, 6.07) is 0. The van der Waals surface area contributed by atoms with Gasteiger partial charge in [0.05, 0.1) is 0 Å². The molecule has 0 aromatic heterocycles. The van der Waals surface area contributed by atoms with Crippen LogP contribution in [0.3, 0.4) is 0 Å². The van der Waals surface area contributed by atoms with E-state index in [9.17, 15) is 4.79 Å². The van der Waals surface area contributed by atoms with Crippen LogP contribution >= 0.6 is 20.1 Å². The summed E-state index contributed by atoms with van der Waals surface area (Å²) < 4.78 is 2.32. The van der Waals surface area contributed by atoms with Gasteiger partial charge in [0, 0.05) is 0 Å². The summed E-state index contributed by atoms with van der Waals surface area (Å²) >= 11 is -0.873. The molecule has 1 fully saturated rings. The summed E-state index contributed by atoms with van der Waals surface area (Å²) in [7, 11) is 0. The van der Waals surface area contributed by atoms with E-state index in [-0.39, 0.29) is 5.91 Å². The molecule has 3 nitrogen and oxygen atoms in total. The Bertz CT molecular complexity index is 138. The van der Waals surface area contributed by atoms with Gasteiger partial charge < -0.3 is 0 Å². The number of carbonyl (C=O) groups excluding carboxylic acids is 1. The van der Waals surface area contributed by atoms with Crippen molar-refractivity contribution in [1.82, 2.24) is 8.43 Å². The molecule has 1 rings (SSSR count). The Morgan fingerprint density at radius 1 is 1.60 bits per heavy atom. The van der Waals surface area contributed by atoms with Crippen molar-refractivity contribution in [3.8, 4) is 0 Å². The second-order valence-electron chi connectivity index (χ2n) is 2.41. The molecule has 1 amide bonds. The van der Waals surface area contributed by atoms with Crippen molar-refractivity contribution in [2.24, 2.45) is 0 Å². The van der Waals surface area contributed by atoms with Crippen LogP contribution in [-0.4, -0.2) is 38.5 Å². The molecule has 1 heterocycles. The Kier molecular flexibility index (Phi) is 2.91. The van der Waals surface area contributed by atoms with E-state index in [0.29, 0.717) is 6.54 Å². The quantitative estimate of drug-likeness (QED) is 0.410. The summed E-state index contributed by atoms with van der Waals surface area (Å²) in [5, 5.41) is 2.81. The third kappa shape index (κ3) is 2.09. The molecule has 60 valence electrons. The maximum absolute atomic E-state index is 10.9. The molecule has 10 heavy (non-hydrogen) atoms. The SMILES string of the molecule is CI(C)N1CCNC(=O)C1. The first-order valence-electron chi connectivity index (χ1n) is 3.22. The van der Waals surface area contributed by atoms with Crippen LogP contribution in [0.1, 0.15) is 0 Å².